The van der Waals surface area contributed by atoms with Gasteiger partial charge in [0.1, 0.15) is 6.04 Å². The highest BCUT2D eigenvalue weighted by Gasteiger charge is 2.28. The molecule has 22 heteroatoms. The average Bonchev–Trinajstić information content (AvgIpc) is 2.27. The molecular weight excluding hydrogens is 466 g/mol. The van der Waals surface area contributed by atoms with Crippen molar-refractivity contribution in [2.75, 3.05) is 0 Å². The van der Waals surface area contributed by atoms with E-state index in [2.05, 4.69) is 24.4 Å². The van der Waals surface area contributed by atoms with E-state index in [4.69, 9.17) is 35.1 Å². The molecule has 12 N–H and O–H groups in total. The predicted octanol–water partition coefficient (Wildman–Crippen LogP) is -2.51. The van der Waals surface area contributed by atoms with E-state index < -0.39 is 55.5 Å². The summed E-state index contributed by atoms with van der Waals surface area (Å²) < 4.78 is 51.0. The molecule has 0 bridgehead atoms. The maximum atomic E-state index is 11.0. The van der Waals surface area contributed by atoms with Gasteiger partial charge < -0.3 is 44.1 Å². The maximum absolute atomic E-state index is 11.0. The Balaban J connectivity index is 0. The number of hydrogen-bond donors (Lipinski definition) is 9. The number of nitrogens with two attached hydrogens (primary N) is 3. The van der Waals surface area contributed by atoms with Crippen molar-refractivity contribution in [1.29, 1.82) is 0 Å². The predicted molar refractivity (Wildman–Crippen MR) is 82.6 cm³/mol. The van der Waals surface area contributed by atoms with E-state index in [1.807, 2.05) is 0 Å². The number of rotatable bonds is 8. The maximum Gasteiger partial charge on any atom is 0.478 e. The molecule has 0 aromatic carbocycles. The minimum atomic E-state index is -5.05. The van der Waals surface area contributed by atoms with Crippen LogP contribution in [0.15, 0.2) is 0 Å². The van der Waals surface area contributed by atoms with Crippen LogP contribution in [0.2, 0.25) is 0 Å². The van der Waals surface area contributed by atoms with Crippen molar-refractivity contribution in [3.8, 4) is 0 Å². The summed E-state index contributed by atoms with van der Waals surface area (Å²) in [6.45, 7) is 0. The molecule has 162 valence electrons. The van der Waals surface area contributed by atoms with Crippen molar-refractivity contribution in [3.05, 3.63) is 0 Å². The SMILES string of the molecule is N[C@@H](CCC(=O)OP(N)(=O)O)C(=O)OP(N)(=O)O.O=P(O)(O)OP(=O)(O)O. The van der Waals surface area contributed by atoms with Gasteiger partial charge in [0, 0.05) is 6.42 Å². The Kier molecular flexibility index (Phi) is 11.5. The van der Waals surface area contributed by atoms with E-state index in [9.17, 15) is 27.8 Å². The highest BCUT2D eigenvalue weighted by atomic mass is 31.3. The molecule has 0 aliphatic rings. The molecule has 2 unspecified atom stereocenters. The van der Waals surface area contributed by atoms with Crippen LogP contribution in [-0.4, -0.2) is 47.3 Å². The molecule has 0 aromatic heterocycles. The minimum absolute atomic E-state index is 0.350. The van der Waals surface area contributed by atoms with Crippen LogP contribution in [0.25, 0.3) is 0 Å². The van der Waals surface area contributed by atoms with E-state index in [1.165, 1.54) is 0 Å². The summed E-state index contributed by atoms with van der Waals surface area (Å²) in [5.74, 6) is -2.46. The van der Waals surface area contributed by atoms with Crippen LogP contribution >= 0.6 is 31.1 Å². The molecule has 0 spiro atoms. The monoisotopic (exact) mass is 483 g/mol. The first-order valence-corrected chi connectivity index (χ1v) is 12.2. The first kappa shape index (κ1) is 28.7. The fraction of sp³-hybridized carbons (Fsp3) is 0.600. The zero-order valence-corrected chi connectivity index (χ0v) is 16.4. The van der Waals surface area contributed by atoms with Gasteiger partial charge >= 0.3 is 43.1 Å². The summed E-state index contributed by atoms with van der Waals surface area (Å²) in [5.41, 5.74) is 14.3. The molecule has 0 saturated carbocycles. The summed E-state index contributed by atoms with van der Waals surface area (Å²) in [6, 6.07) is -1.42. The number of carbonyl (C=O) groups excluding carboxylic acids is 2. The number of hydrogen-bond acceptors (Lipinski definition) is 10. The van der Waals surface area contributed by atoms with E-state index >= 15 is 0 Å². The van der Waals surface area contributed by atoms with E-state index in [0.29, 0.717) is 0 Å². The Hall–Kier alpha value is -0.540. The van der Waals surface area contributed by atoms with Crippen molar-refractivity contribution >= 4 is 43.1 Å². The summed E-state index contributed by atoms with van der Waals surface area (Å²) in [4.78, 5) is 69.9. The highest BCUT2D eigenvalue weighted by molar-refractivity contribution is 7.60. The molecule has 18 nitrogen and oxygen atoms in total. The zero-order chi connectivity index (χ0) is 22.3. The van der Waals surface area contributed by atoms with Gasteiger partial charge in [0.05, 0.1) is 0 Å². The zero-order valence-electron chi connectivity index (χ0n) is 12.9. The van der Waals surface area contributed by atoms with Gasteiger partial charge in [-0.2, -0.15) is 4.31 Å². The van der Waals surface area contributed by atoms with Crippen LogP contribution in [0.3, 0.4) is 0 Å². The number of phosphoric acid groups is 2. The summed E-state index contributed by atoms with van der Waals surface area (Å²) in [7, 11) is -19.1. The molecule has 0 fully saturated rings. The van der Waals surface area contributed by atoms with Crippen LogP contribution < -0.4 is 16.7 Å². The Morgan fingerprint density at radius 3 is 1.44 bits per heavy atom. The fourth-order valence-corrected chi connectivity index (χ4v) is 2.80. The van der Waals surface area contributed by atoms with E-state index in [1.54, 1.807) is 0 Å². The average molecular weight is 483 g/mol. The lowest BCUT2D eigenvalue weighted by molar-refractivity contribution is -0.137. The Morgan fingerprint density at radius 2 is 1.19 bits per heavy atom. The summed E-state index contributed by atoms with van der Waals surface area (Å²) >= 11 is 0. The fourth-order valence-electron chi connectivity index (χ4n) is 0.918. The van der Waals surface area contributed by atoms with Gasteiger partial charge in [-0.05, 0) is 6.42 Å². The topological polar surface area (TPSA) is 330 Å². The van der Waals surface area contributed by atoms with Crippen LogP contribution in [0, 0.1) is 0 Å². The second kappa shape index (κ2) is 10.9. The molecule has 0 saturated heterocycles. The van der Waals surface area contributed by atoms with Crippen molar-refractivity contribution in [1.82, 2.24) is 0 Å². The molecule has 3 atom stereocenters. The lowest BCUT2D eigenvalue weighted by Gasteiger charge is -2.12. The Labute approximate surface area is 150 Å². The number of carbonyl (C=O) groups is 2. The molecule has 0 heterocycles. The van der Waals surface area contributed by atoms with Gasteiger partial charge in [0.25, 0.3) is 0 Å². The standard InChI is InChI=1S/C5H13N3O8P2.H4O7P2/c6-3(5(10)16-18(8,13)14)1-2-4(9)15-17(7,11)12;1-8(2,3)7-9(4,5)6/h3H,1-2,6H2,(H3,7,11,12)(H3,8,13,14);(H2,1,2,3)(H2,4,5,6)/t3-;/m0./s1. The van der Waals surface area contributed by atoms with Gasteiger partial charge in [-0.3, -0.25) is 4.79 Å². The third-order valence-electron chi connectivity index (χ3n) is 1.63. The molecule has 0 rings (SSSR count). The second-order valence-electron chi connectivity index (χ2n) is 4.21. The van der Waals surface area contributed by atoms with Crippen LogP contribution in [0.5, 0.6) is 0 Å². The van der Waals surface area contributed by atoms with Gasteiger partial charge in [-0.1, -0.05) is 0 Å². The second-order valence-corrected chi connectivity index (χ2v) is 9.45. The van der Waals surface area contributed by atoms with Crippen LogP contribution in [0.4, 0.5) is 0 Å². The van der Waals surface area contributed by atoms with Crippen molar-refractivity contribution < 1.29 is 70.6 Å². The van der Waals surface area contributed by atoms with E-state index in [0.717, 1.165) is 0 Å². The lowest BCUT2D eigenvalue weighted by Crippen LogP contribution is -2.33. The van der Waals surface area contributed by atoms with Gasteiger partial charge in [-0.15, -0.1) is 0 Å². The lowest BCUT2D eigenvalue weighted by atomic mass is 10.2. The van der Waals surface area contributed by atoms with Crippen LogP contribution in [0.1, 0.15) is 12.8 Å². The molecule has 0 aromatic rings. The normalized spacial score (nSPS) is 17.4. The van der Waals surface area contributed by atoms with Crippen molar-refractivity contribution in [2.45, 2.75) is 18.9 Å². The van der Waals surface area contributed by atoms with Gasteiger partial charge in [-0.25, -0.2) is 34.1 Å². The largest absolute Gasteiger partial charge is 0.478 e. The van der Waals surface area contributed by atoms with Crippen LogP contribution in [-0.2, 0) is 41.2 Å². The third kappa shape index (κ3) is 23.4. The van der Waals surface area contributed by atoms with Crippen molar-refractivity contribution in [2.24, 2.45) is 16.7 Å². The Morgan fingerprint density at radius 1 is 0.815 bits per heavy atom. The van der Waals surface area contributed by atoms with E-state index in [-0.39, 0.29) is 6.42 Å². The summed E-state index contributed by atoms with van der Waals surface area (Å²) in [5, 5.41) is 0. The van der Waals surface area contributed by atoms with Gasteiger partial charge in [0.2, 0.25) is 0 Å². The molecular formula is C5H17N3O15P4. The first-order valence-electron chi connectivity index (χ1n) is 5.88. The molecule has 27 heavy (non-hydrogen) atoms. The first-order chi connectivity index (χ1) is 11.6. The molecule has 0 aliphatic heterocycles. The smallest absolute Gasteiger partial charge is 0.380 e. The van der Waals surface area contributed by atoms with Gasteiger partial charge in [0.15, 0.2) is 0 Å². The molecule has 0 amide bonds. The third-order valence-corrected chi connectivity index (χ3v) is 4.24. The minimum Gasteiger partial charge on any atom is -0.380 e. The quantitative estimate of drug-likeness (QED) is 0.161. The molecule has 0 aliphatic carbocycles. The highest BCUT2D eigenvalue weighted by Crippen LogP contribution is 2.53. The Bertz CT molecular complexity index is 678. The molecule has 0 radical (unpaired) electrons. The summed E-state index contributed by atoms with van der Waals surface area (Å²) in [6.07, 6.45) is -0.865. The van der Waals surface area contributed by atoms with Crippen molar-refractivity contribution in [3.63, 3.8) is 0 Å².